The van der Waals surface area contributed by atoms with E-state index in [0.29, 0.717) is 42.5 Å². The van der Waals surface area contributed by atoms with E-state index in [1.807, 2.05) is 57.1 Å². The average molecular weight is 711 g/mol. The summed E-state index contributed by atoms with van der Waals surface area (Å²) in [6.07, 6.45) is 6.35. The van der Waals surface area contributed by atoms with Crippen LogP contribution in [0.4, 0.5) is 10.6 Å². The molecule has 2 aliphatic rings. The number of carbonyl (C=O) groups excluding carboxylic acids is 2. The van der Waals surface area contributed by atoms with Crippen LogP contribution in [0.5, 0.6) is 0 Å². The van der Waals surface area contributed by atoms with E-state index in [9.17, 15) is 9.59 Å². The average Bonchev–Trinajstić information content (AvgIpc) is 3.57. The maximum Gasteiger partial charge on any atom is 0.411 e. The molecule has 2 aromatic carbocycles. The molecule has 1 saturated carbocycles. The van der Waals surface area contributed by atoms with Crippen molar-refractivity contribution in [3.63, 3.8) is 0 Å². The van der Waals surface area contributed by atoms with Gasteiger partial charge in [-0.1, -0.05) is 67.4 Å². The Morgan fingerprint density at radius 1 is 1.04 bits per heavy atom. The molecular formula is C38H49Cl2N5O4. The van der Waals surface area contributed by atoms with Crippen LogP contribution in [0, 0.1) is 0 Å². The number of nitrogens with one attached hydrogen (secondary N) is 1. The van der Waals surface area contributed by atoms with Gasteiger partial charge in [-0.15, -0.1) is 0 Å². The molecule has 264 valence electrons. The van der Waals surface area contributed by atoms with Crippen LogP contribution in [0.2, 0.25) is 10.0 Å². The largest absolute Gasteiger partial charge is 0.461 e. The Morgan fingerprint density at radius 3 is 2.35 bits per heavy atom. The van der Waals surface area contributed by atoms with Crippen LogP contribution in [0.15, 0.2) is 48.7 Å². The van der Waals surface area contributed by atoms with E-state index < -0.39 is 17.7 Å². The van der Waals surface area contributed by atoms with Gasteiger partial charge in [0.25, 0.3) is 0 Å². The standard InChI is InChI=1S/C38H49Cl2N5O4/c1-24(2)34-35(44(6)23-29-30(39)12-9-13-31(29)40)43-32(22-42-34)26-16-14-25(15-17-26)21-41-27-18-19-45(37(47)49-38(3,4)5)33(20-27)36(46)48-28-10-7-8-11-28/h9,12-17,22,24,27-28,33,41H,7-8,10-11,18-21,23H2,1-6H3/t27?,33-/m1/s1. The van der Waals surface area contributed by atoms with Gasteiger partial charge in [-0.2, -0.15) is 0 Å². The molecule has 0 radical (unpaired) electrons. The van der Waals surface area contributed by atoms with Gasteiger partial charge in [0.2, 0.25) is 0 Å². The highest BCUT2D eigenvalue weighted by Crippen LogP contribution is 2.31. The highest BCUT2D eigenvalue weighted by atomic mass is 35.5. The van der Waals surface area contributed by atoms with E-state index in [1.165, 1.54) is 0 Å². The molecule has 2 fully saturated rings. The fourth-order valence-corrected chi connectivity index (χ4v) is 6.95. The van der Waals surface area contributed by atoms with Gasteiger partial charge < -0.3 is 19.7 Å². The van der Waals surface area contributed by atoms with Crippen molar-refractivity contribution in [1.82, 2.24) is 20.2 Å². The number of hydrogen-bond donors (Lipinski definition) is 1. The number of nitrogens with zero attached hydrogens (tertiary/aromatic N) is 4. The van der Waals surface area contributed by atoms with Crippen molar-refractivity contribution in [3.8, 4) is 11.3 Å². The topological polar surface area (TPSA) is 96.9 Å². The summed E-state index contributed by atoms with van der Waals surface area (Å²) in [5, 5.41) is 4.85. The zero-order valence-electron chi connectivity index (χ0n) is 29.5. The number of amides is 1. The van der Waals surface area contributed by atoms with E-state index >= 15 is 0 Å². The summed E-state index contributed by atoms with van der Waals surface area (Å²) in [4.78, 5) is 39.9. The molecule has 0 spiro atoms. The number of likely N-dealkylation sites (tertiary alicyclic amines) is 1. The van der Waals surface area contributed by atoms with Crippen molar-refractivity contribution in [1.29, 1.82) is 0 Å². The lowest BCUT2D eigenvalue weighted by Crippen LogP contribution is -2.55. The van der Waals surface area contributed by atoms with Crippen LogP contribution in [0.1, 0.15) is 95.9 Å². The second-order valence-electron chi connectivity index (χ2n) is 14.5. The maximum absolute atomic E-state index is 13.3. The summed E-state index contributed by atoms with van der Waals surface area (Å²) < 4.78 is 11.5. The first kappa shape index (κ1) is 36.9. The SMILES string of the molecule is CC(C)c1ncc(-c2ccc(CNC3CCN(C(=O)OC(C)(C)C)[C@@H](C(=O)OC4CCCC4)C3)cc2)nc1N(C)Cc1c(Cl)cccc1Cl. The van der Waals surface area contributed by atoms with Crippen molar-refractivity contribution < 1.29 is 19.1 Å². The molecule has 1 amide bonds. The maximum atomic E-state index is 13.3. The van der Waals surface area contributed by atoms with Gasteiger partial charge in [0.05, 0.1) is 17.6 Å². The zero-order chi connectivity index (χ0) is 35.3. The molecule has 2 heterocycles. The summed E-state index contributed by atoms with van der Waals surface area (Å²) in [6, 6.07) is 13.1. The minimum Gasteiger partial charge on any atom is -0.461 e. The summed E-state index contributed by atoms with van der Waals surface area (Å²) in [6.45, 7) is 11.2. The van der Waals surface area contributed by atoms with Crippen molar-refractivity contribution in [2.24, 2.45) is 0 Å². The third-order valence-corrected chi connectivity index (χ3v) is 9.79. The van der Waals surface area contributed by atoms with Crippen molar-refractivity contribution in [3.05, 3.63) is 75.5 Å². The van der Waals surface area contributed by atoms with Gasteiger partial charge in [-0.25, -0.2) is 14.6 Å². The van der Waals surface area contributed by atoms with E-state index in [1.54, 1.807) is 4.90 Å². The Morgan fingerprint density at radius 2 is 1.71 bits per heavy atom. The molecule has 5 rings (SSSR count). The Balaban J connectivity index is 1.25. The van der Waals surface area contributed by atoms with E-state index in [4.69, 9.17) is 42.6 Å². The van der Waals surface area contributed by atoms with Crippen molar-refractivity contribution in [2.75, 3.05) is 18.5 Å². The number of aromatic nitrogens is 2. The lowest BCUT2D eigenvalue weighted by atomic mass is 9.97. The summed E-state index contributed by atoms with van der Waals surface area (Å²) in [7, 11) is 1.98. The molecule has 2 atom stereocenters. The fourth-order valence-electron chi connectivity index (χ4n) is 6.43. The molecule has 1 aromatic heterocycles. The van der Waals surface area contributed by atoms with Crippen LogP contribution in [-0.2, 0) is 27.4 Å². The third kappa shape index (κ3) is 9.65. The van der Waals surface area contributed by atoms with Crippen LogP contribution in [0.3, 0.4) is 0 Å². The highest BCUT2D eigenvalue weighted by molar-refractivity contribution is 6.36. The molecular weight excluding hydrogens is 661 g/mol. The molecule has 1 unspecified atom stereocenters. The number of rotatable bonds is 10. The molecule has 3 aromatic rings. The minimum atomic E-state index is -0.683. The number of halogens is 2. The van der Waals surface area contributed by atoms with Gasteiger partial charge in [0.15, 0.2) is 5.82 Å². The molecule has 11 heteroatoms. The van der Waals surface area contributed by atoms with Gasteiger partial charge in [-0.05, 0) is 82.9 Å². The van der Waals surface area contributed by atoms with Gasteiger partial charge >= 0.3 is 12.1 Å². The number of piperidine rings is 1. The number of esters is 1. The van der Waals surface area contributed by atoms with Gasteiger partial charge in [0, 0.05) is 53.9 Å². The van der Waals surface area contributed by atoms with Gasteiger partial charge in [-0.3, -0.25) is 9.88 Å². The number of hydrogen-bond acceptors (Lipinski definition) is 8. The summed E-state index contributed by atoms with van der Waals surface area (Å²) in [5.74, 6) is 0.625. The Bertz CT molecular complexity index is 1580. The van der Waals surface area contributed by atoms with Crippen LogP contribution in [-0.4, -0.2) is 64.3 Å². The Kier molecular flexibility index (Phi) is 12.1. The molecule has 1 N–H and O–H groups in total. The van der Waals surface area contributed by atoms with Crippen molar-refractivity contribution >= 4 is 41.1 Å². The highest BCUT2D eigenvalue weighted by Gasteiger charge is 2.40. The zero-order valence-corrected chi connectivity index (χ0v) is 31.0. The molecule has 1 aliphatic carbocycles. The molecule has 1 saturated heterocycles. The monoisotopic (exact) mass is 709 g/mol. The van der Waals surface area contributed by atoms with E-state index in [0.717, 1.165) is 59.6 Å². The normalized spacial score (nSPS) is 18.5. The summed E-state index contributed by atoms with van der Waals surface area (Å²) in [5.41, 5.74) is 3.92. The third-order valence-electron chi connectivity index (χ3n) is 9.08. The minimum absolute atomic E-state index is 0.0404. The van der Waals surface area contributed by atoms with Crippen LogP contribution >= 0.6 is 23.2 Å². The lowest BCUT2D eigenvalue weighted by molar-refractivity contribution is -0.156. The van der Waals surface area contributed by atoms with Gasteiger partial charge in [0.1, 0.15) is 17.7 Å². The Labute approximate surface area is 300 Å². The predicted octanol–water partition coefficient (Wildman–Crippen LogP) is 8.55. The van der Waals surface area contributed by atoms with E-state index in [-0.39, 0.29) is 24.0 Å². The molecule has 1 aliphatic heterocycles. The van der Waals surface area contributed by atoms with E-state index in [2.05, 4.69) is 43.4 Å². The molecule has 0 bridgehead atoms. The Hall–Kier alpha value is -3.40. The first-order valence-electron chi connectivity index (χ1n) is 17.3. The lowest BCUT2D eigenvalue weighted by Gasteiger charge is -2.39. The number of anilines is 1. The van der Waals surface area contributed by atoms with Crippen LogP contribution in [0.25, 0.3) is 11.3 Å². The number of benzene rings is 2. The molecule has 49 heavy (non-hydrogen) atoms. The van der Waals surface area contributed by atoms with Crippen LogP contribution < -0.4 is 10.2 Å². The fraction of sp³-hybridized carbons (Fsp3) is 0.526. The molecule has 9 nitrogen and oxygen atoms in total. The smallest absolute Gasteiger partial charge is 0.411 e. The second kappa shape index (κ2) is 16.1. The quantitative estimate of drug-likeness (QED) is 0.209. The first-order chi connectivity index (χ1) is 23.3. The van der Waals surface area contributed by atoms with Crippen molar-refractivity contribution in [2.45, 2.75) is 116 Å². The number of carbonyl (C=O) groups is 2. The number of ether oxygens (including phenoxy) is 2. The second-order valence-corrected chi connectivity index (χ2v) is 15.3. The summed E-state index contributed by atoms with van der Waals surface area (Å²) >= 11 is 13.0. The predicted molar refractivity (Wildman–Crippen MR) is 195 cm³/mol. The first-order valence-corrected chi connectivity index (χ1v) is 18.1.